The highest BCUT2D eigenvalue weighted by Crippen LogP contribution is 2.27. The Bertz CT molecular complexity index is 390. The molecule has 1 aromatic carbocycles. The van der Waals surface area contributed by atoms with E-state index in [0.29, 0.717) is 0 Å². The molecule has 1 aromatic rings. The van der Waals surface area contributed by atoms with Crippen LogP contribution in [0.4, 0.5) is 5.69 Å². The molecule has 0 atom stereocenters. The number of anilines is 1. The van der Waals surface area contributed by atoms with Crippen LogP contribution >= 0.6 is 0 Å². The van der Waals surface area contributed by atoms with Gasteiger partial charge in [-0.3, -0.25) is 0 Å². The van der Waals surface area contributed by atoms with Crippen LogP contribution < -0.4 is 4.90 Å². The normalized spacial score (nSPS) is 15.9. The molecule has 0 bridgehead atoms. The average molecular weight is 233 g/mol. The van der Waals surface area contributed by atoms with Crippen molar-refractivity contribution in [1.29, 1.82) is 0 Å². The van der Waals surface area contributed by atoms with Gasteiger partial charge in [0.2, 0.25) is 0 Å². The van der Waals surface area contributed by atoms with E-state index in [0.717, 1.165) is 4.48 Å². The fraction of sp³-hybridized carbons (Fsp3) is 0.600. The summed E-state index contributed by atoms with van der Waals surface area (Å²) < 4.78 is 1.04. The number of quaternary nitrogens is 1. The lowest BCUT2D eigenvalue weighted by atomic mass is 10.00. The van der Waals surface area contributed by atoms with Crippen LogP contribution in [-0.4, -0.2) is 45.3 Å². The smallest absolute Gasteiger partial charge is 0.0958 e. The van der Waals surface area contributed by atoms with Gasteiger partial charge >= 0.3 is 0 Å². The van der Waals surface area contributed by atoms with Crippen molar-refractivity contribution in [2.24, 2.45) is 0 Å². The maximum absolute atomic E-state index is 2.56. The molecule has 0 amide bonds. The topological polar surface area (TPSA) is 3.24 Å². The van der Waals surface area contributed by atoms with Gasteiger partial charge in [-0.25, -0.2) is 0 Å². The Morgan fingerprint density at radius 2 is 2.00 bits per heavy atom. The van der Waals surface area contributed by atoms with Gasteiger partial charge in [-0.1, -0.05) is 12.1 Å². The minimum atomic E-state index is 1.04. The van der Waals surface area contributed by atoms with Crippen molar-refractivity contribution in [3.05, 3.63) is 29.3 Å². The van der Waals surface area contributed by atoms with Gasteiger partial charge in [0.25, 0.3) is 0 Å². The zero-order valence-electron chi connectivity index (χ0n) is 11.7. The maximum Gasteiger partial charge on any atom is 0.0958 e. The zero-order valence-corrected chi connectivity index (χ0v) is 11.7. The molecule has 0 spiro atoms. The van der Waals surface area contributed by atoms with E-state index in [-0.39, 0.29) is 0 Å². The Hall–Kier alpha value is -1.02. The van der Waals surface area contributed by atoms with E-state index in [1.54, 1.807) is 0 Å². The second kappa shape index (κ2) is 4.69. The molecule has 17 heavy (non-hydrogen) atoms. The molecule has 94 valence electrons. The number of hydrogen-bond acceptors (Lipinski definition) is 1. The van der Waals surface area contributed by atoms with E-state index in [9.17, 15) is 0 Å². The molecule has 1 aliphatic rings. The van der Waals surface area contributed by atoms with E-state index in [1.165, 1.54) is 49.3 Å². The van der Waals surface area contributed by atoms with E-state index in [1.807, 2.05) is 0 Å². The largest absolute Gasteiger partial charge is 0.366 e. The molecular formula is C15H25N2+. The summed E-state index contributed by atoms with van der Waals surface area (Å²) in [5.41, 5.74) is 4.38. The quantitative estimate of drug-likeness (QED) is 0.725. The molecule has 0 radical (unpaired) electrons. The summed E-state index contributed by atoms with van der Waals surface area (Å²) >= 11 is 0. The van der Waals surface area contributed by atoms with Crippen molar-refractivity contribution in [2.45, 2.75) is 19.8 Å². The first-order valence-corrected chi connectivity index (χ1v) is 6.61. The first-order valence-electron chi connectivity index (χ1n) is 6.61. The van der Waals surface area contributed by atoms with Gasteiger partial charge < -0.3 is 9.38 Å². The first-order chi connectivity index (χ1) is 7.96. The van der Waals surface area contributed by atoms with Crippen molar-refractivity contribution in [2.75, 3.05) is 45.7 Å². The van der Waals surface area contributed by atoms with E-state index in [2.05, 4.69) is 51.2 Å². The van der Waals surface area contributed by atoms with Gasteiger partial charge in [0.1, 0.15) is 0 Å². The molecule has 2 rings (SSSR count). The fourth-order valence-corrected chi connectivity index (χ4v) is 2.41. The standard InChI is InChI=1S/C15H25N2/c1-13-7-8-14-6-5-9-16(15(14)12-13)10-11-17(2,3)4/h7-8,12H,5-6,9-11H2,1-4H3/q+1. The van der Waals surface area contributed by atoms with Crippen LogP contribution in [0.3, 0.4) is 0 Å². The third-order valence-electron chi connectivity index (χ3n) is 3.50. The third kappa shape index (κ3) is 3.22. The maximum atomic E-state index is 2.56. The second-order valence-electron chi connectivity index (χ2n) is 6.24. The molecule has 2 heteroatoms. The summed E-state index contributed by atoms with van der Waals surface area (Å²) in [7, 11) is 6.79. The first kappa shape index (κ1) is 12.4. The summed E-state index contributed by atoms with van der Waals surface area (Å²) in [4.78, 5) is 2.56. The van der Waals surface area contributed by atoms with E-state index >= 15 is 0 Å². The SMILES string of the molecule is Cc1ccc2c(c1)N(CC[N+](C)(C)C)CCC2. The van der Waals surface area contributed by atoms with Crippen molar-refractivity contribution >= 4 is 5.69 Å². The zero-order chi connectivity index (χ0) is 12.5. The average Bonchev–Trinajstić information content (AvgIpc) is 2.25. The number of benzene rings is 1. The summed E-state index contributed by atoms with van der Waals surface area (Å²) in [5.74, 6) is 0. The molecule has 0 saturated heterocycles. The third-order valence-corrected chi connectivity index (χ3v) is 3.50. The number of likely N-dealkylation sites (N-methyl/N-ethyl adjacent to an activating group) is 1. The lowest BCUT2D eigenvalue weighted by Crippen LogP contribution is -2.43. The summed E-state index contributed by atoms with van der Waals surface area (Å²) in [6, 6.07) is 6.90. The molecule has 1 heterocycles. The Morgan fingerprint density at radius 3 is 2.71 bits per heavy atom. The highest BCUT2D eigenvalue weighted by atomic mass is 15.3. The van der Waals surface area contributed by atoms with Crippen LogP contribution in [0.5, 0.6) is 0 Å². The predicted molar refractivity (Wildman–Crippen MR) is 74.6 cm³/mol. The van der Waals surface area contributed by atoms with Crippen LogP contribution in [0.15, 0.2) is 18.2 Å². The van der Waals surface area contributed by atoms with Gasteiger partial charge in [-0.15, -0.1) is 0 Å². The number of aryl methyl sites for hydroxylation is 2. The molecule has 0 aliphatic carbocycles. The molecule has 1 aliphatic heterocycles. The number of hydrogen-bond donors (Lipinski definition) is 0. The van der Waals surface area contributed by atoms with E-state index < -0.39 is 0 Å². The lowest BCUT2D eigenvalue weighted by Gasteiger charge is -2.34. The van der Waals surface area contributed by atoms with Crippen LogP contribution in [0.2, 0.25) is 0 Å². The number of fused-ring (bicyclic) bond motifs is 1. The lowest BCUT2D eigenvalue weighted by molar-refractivity contribution is -0.868. The predicted octanol–water partition coefficient (Wildman–Crippen LogP) is 2.45. The minimum absolute atomic E-state index is 1.04. The minimum Gasteiger partial charge on any atom is -0.366 e. The summed E-state index contributed by atoms with van der Waals surface area (Å²) in [5, 5.41) is 0. The van der Waals surface area contributed by atoms with Crippen molar-refractivity contribution < 1.29 is 4.48 Å². The molecule has 0 saturated carbocycles. The fourth-order valence-electron chi connectivity index (χ4n) is 2.41. The van der Waals surface area contributed by atoms with Crippen molar-refractivity contribution in [3.63, 3.8) is 0 Å². The molecular weight excluding hydrogens is 208 g/mol. The van der Waals surface area contributed by atoms with Crippen LogP contribution in [0, 0.1) is 6.92 Å². The molecule has 0 unspecified atom stereocenters. The van der Waals surface area contributed by atoms with Crippen LogP contribution in [0.1, 0.15) is 17.5 Å². The van der Waals surface area contributed by atoms with Gasteiger partial charge in [-0.05, 0) is 37.0 Å². The Kier molecular flexibility index (Phi) is 3.43. The highest BCUT2D eigenvalue weighted by molar-refractivity contribution is 5.57. The van der Waals surface area contributed by atoms with Gasteiger partial charge in [0, 0.05) is 12.2 Å². The van der Waals surface area contributed by atoms with Gasteiger partial charge in [-0.2, -0.15) is 0 Å². The molecule has 0 fully saturated rings. The summed E-state index contributed by atoms with van der Waals surface area (Å²) in [6.45, 7) is 5.77. The van der Waals surface area contributed by atoms with Gasteiger partial charge in [0.05, 0.1) is 34.2 Å². The Labute approximate surface area is 105 Å². The molecule has 2 nitrogen and oxygen atoms in total. The van der Waals surface area contributed by atoms with E-state index in [4.69, 9.17) is 0 Å². The summed E-state index contributed by atoms with van der Waals surface area (Å²) in [6.07, 6.45) is 2.55. The Balaban J connectivity index is 2.14. The van der Waals surface area contributed by atoms with Crippen LogP contribution in [-0.2, 0) is 6.42 Å². The highest BCUT2D eigenvalue weighted by Gasteiger charge is 2.18. The number of rotatable bonds is 3. The second-order valence-corrected chi connectivity index (χ2v) is 6.24. The Morgan fingerprint density at radius 1 is 1.24 bits per heavy atom. The monoisotopic (exact) mass is 233 g/mol. The van der Waals surface area contributed by atoms with Crippen molar-refractivity contribution in [3.8, 4) is 0 Å². The molecule has 0 aromatic heterocycles. The van der Waals surface area contributed by atoms with Crippen molar-refractivity contribution in [1.82, 2.24) is 0 Å². The molecule has 0 N–H and O–H groups in total. The number of nitrogens with zero attached hydrogens (tertiary/aromatic N) is 2. The van der Waals surface area contributed by atoms with Gasteiger partial charge in [0.15, 0.2) is 0 Å². The van der Waals surface area contributed by atoms with Crippen LogP contribution in [0.25, 0.3) is 0 Å².